The molecule has 1 aliphatic rings. The second-order valence-corrected chi connectivity index (χ2v) is 1.97. The van der Waals surface area contributed by atoms with Gasteiger partial charge in [0.2, 0.25) is 0 Å². The van der Waals surface area contributed by atoms with Gasteiger partial charge in [-0.3, -0.25) is 5.32 Å². The van der Waals surface area contributed by atoms with Gasteiger partial charge < -0.3 is 0 Å². The molecule has 0 fully saturated rings. The third kappa shape index (κ3) is 1.69. The molecule has 0 atom stereocenters. The van der Waals surface area contributed by atoms with E-state index in [-0.39, 0.29) is 0 Å². The van der Waals surface area contributed by atoms with Gasteiger partial charge in [-0.05, 0) is 10.8 Å². The molecule has 0 saturated heterocycles. The smallest absolute Gasteiger partial charge is 0.0578 e. The Morgan fingerprint density at radius 3 is 3.43 bits per heavy atom. The van der Waals surface area contributed by atoms with E-state index in [1.165, 1.54) is 0 Å². The number of hydrogen-bond acceptors (Lipinski definition) is 1. The average Bonchev–Trinajstić information content (AvgIpc) is 1.90. The van der Waals surface area contributed by atoms with Gasteiger partial charge >= 0.3 is 0 Å². The molecule has 0 aromatic heterocycles. The van der Waals surface area contributed by atoms with Crippen LogP contribution in [-0.4, -0.2) is 6.54 Å². The maximum absolute atomic E-state index is 3.98. The minimum absolute atomic E-state index is 0.837. The topological polar surface area (TPSA) is 14.1 Å². The van der Waals surface area contributed by atoms with Gasteiger partial charge in [-0.25, -0.2) is 0 Å². The van der Waals surface area contributed by atoms with Gasteiger partial charge in [0.25, 0.3) is 0 Å². The van der Waals surface area contributed by atoms with Crippen LogP contribution in [0, 0.1) is 0 Å². The third-order valence-corrected chi connectivity index (χ3v) is 1.26. The van der Waals surface area contributed by atoms with Crippen molar-refractivity contribution in [1.82, 2.24) is 5.32 Å². The predicted molar refractivity (Wildman–Crippen MR) is 32.9 cm³/mol. The first kappa shape index (κ1) is 4.78. The molecule has 0 aromatic carbocycles. The molecule has 1 radical (unpaired) electrons. The largest absolute Gasteiger partial charge is 0.288 e. The Morgan fingerprint density at radius 2 is 2.43 bits per heavy atom. The maximum atomic E-state index is 3.98. The summed E-state index contributed by atoms with van der Waals surface area (Å²) in [6, 6.07) is 0. The molecule has 0 aromatic rings. The van der Waals surface area contributed by atoms with Gasteiger partial charge in [0.1, 0.15) is 0 Å². The molecule has 7 heavy (non-hydrogen) atoms. The Balaban J connectivity index is 2.38. The average molecular weight is 112 g/mol. The van der Waals surface area contributed by atoms with Crippen molar-refractivity contribution in [3.63, 3.8) is 0 Å². The lowest BCUT2D eigenvalue weighted by molar-refractivity contribution is 0.971. The zero-order chi connectivity index (χ0) is 4.95. The van der Waals surface area contributed by atoms with Crippen LogP contribution in [0.3, 0.4) is 0 Å². The Kier molecular flexibility index (Phi) is 1.88. The third-order valence-electron chi connectivity index (χ3n) is 0.630. The van der Waals surface area contributed by atoms with E-state index < -0.39 is 0 Å². The molecule has 37 valence electrons. The molecule has 1 heterocycles. The number of nitrogens with zero attached hydrogens (tertiary/aromatic N) is 1. The number of hydrogen-bond donors (Lipinski definition) is 0. The first-order valence-electron chi connectivity index (χ1n) is 2.12. The van der Waals surface area contributed by atoms with Crippen LogP contribution in [0.2, 0.25) is 0 Å². The fourth-order valence-corrected chi connectivity index (χ4v) is 0.788. The van der Waals surface area contributed by atoms with Gasteiger partial charge in [-0.15, -0.1) is 11.8 Å². The monoisotopic (exact) mass is 112 g/mol. The van der Waals surface area contributed by atoms with Crippen molar-refractivity contribution in [2.75, 3.05) is 6.54 Å². The molecule has 0 unspecified atom stereocenters. The van der Waals surface area contributed by atoms with Crippen molar-refractivity contribution in [2.45, 2.75) is 0 Å². The zero-order valence-corrected chi connectivity index (χ0v) is 4.69. The van der Waals surface area contributed by atoms with Gasteiger partial charge in [0.05, 0.1) is 6.54 Å². The minimum atomic E-state index is 0.837. The van der Waals surface area contributed by atoms with E-state index in [1.807, 2.05) is 23.1 Å². The van der Waals surface area contributed by atoms with Crippen LogP contribution < -0.4 is 5.32 Å². The fraction of sp³-hybridized carbons (Fsp3) is 0.200. The second-order valence-electron chi connectivity index (χ2n) is 1.16. The summed E-state index contributed by atoms with van der Waals surface area (Å²) in [5.41, 5.74) is 0. The van der Waals surface area contributed by atoms with E-state index in [0.29, 0.717) is 0 Å². The standard InChI is InChI=1S/C5H6NS/c1-2-6-3-5-7-4-1/h1,3-5H,2H2. The maximum Gasteiger partial charge on any atom is 0.0578 e. The highest BCUT2D eigenvalue weighted by Gasteiger charge is 1.79. The zero-order valence-electron chi connectivity index (χ0n) is 3.87. The molecule has 0 spiro atoms. The SMILES string of the molecule is C1=CSC=C[N]C1. The molecule has 0 amide bonds. The highest BCUT2D eigenvalue weighted by atomic mass is 32.2. The summed E-state index contributed by atoms with van der Waals surface area (Å²) in [4.78, 5) is 0. The van der Waals surface area contributed by atoms with E-state index >= 15 is 0 Å². The van der Waals surface area contributed by atoms with Gasteiger partial charge in [-0.1, -0.05) is 6.08 Å². The molecule has 1 aliphatic heterocycles. The quantitative estimate of drug-likeness (QED) is 0.461. The van der Waals surface area contributed by atoms with E-state index in [1.54, 1.807) is 11.8 Å². The van der Waals surface area contributed by atoms with E-state index in [0.717, 1.165) is 6.54 Å². The van der Waals surface area contributed by atoms with Crippen molar-refractivity contribution in [2.24, 2.45) is 0 Å². The summed E-state index contributed by atoms with van der Waals surface area (Å²) >= 11 is 1.66. The van der Waals surface area contributed by atoms with Gasteiger partial charge in [0, 0.05) is 6.20 Å². The molecule has 0 aliphatic carbocycles. The van der Waals surface area contributed by atoms with Crippen molar-refractivity contribution in [3.8, 4) is 0 Å². The second kappa shape index (κ2) is 2.75. The summed E-state index contributed by atoms with van der Waals surface area (Å²) in [5, 5.41) is 7.98. The summed E-state index contributed by atoms with van der Waals surface area (Å²) < 4.78 is 0. The van der Waals surface area contributed by atoms with Crippen LogP contribution >= 0.6 is 11.8 Å². The lowest BCUT2D eigenvalue weighted by Gasteiger charge is -1.79. The highest BCUT2D eigenvalue weighted by molar-refractivity contribution is 8.04. The predicted octanol–water partition coefficient (Wildman–Crippen LogP) is 1.32. The summed E-state index contributed by atoms with van der Waals surface area (Å²) in [5.74, 6) is 0. The summed E-state index contributed by atoms with van der Waals surface area (Å²) in [6.45, 7) is 0.837. The Labute approximate surface area is 47.5 Å². The summed E-state index contributed by atoms with van der Waals surface area (Å²) in [6.07, 6.45) is 3.86. The minimum Gasteiger partial charge on any atom is -0.288 e. The lowest BCUT2D eigenvalue weighted by Crippen LogP contribution is -1.90. The molecular weight excluding hydrogens is 106 g/mol. The van der Waals surface area contributed by atoms with Crippen LogP contribution in [-0.2, 0) is 0 Å². The van der Waals surface area contributed by atoms with E-state index in [2.05, 4.69) is 5.32 Å². The normalized spacial score (nSPS) is 18.3. The molecule has 1 nitrogen and oxygen atoms in total. The van der Waals surface area contributed by atoms with Gasteiger partial charge in [-0.2, -0.15) is 0 Å². The molecule has 0 saturated carbocycles. The highest BCUT2D eigenvalue weighted by Crippen LogP contribution is 2.04. The van der Waals surface area contributed by atoms with Crippen molar-refractivity contribution in [3.05, 3.63) is 23.1 Å². The van der Waals surface area contributed by atoms with Crippen LogP contribution in [0.4, 0.5) is 0 Å². The van der Waals surface area contributed by atoms with E-state index in [9.17, 15) is 0 Å². The number of thioether (sulfide) groups is 1. The van der Waals surface area contributed by atoms with E-state index in [4.69, 9.17) is 0 Å². The van der Waals surface area contributed by atoms with Crippen LogP contribution in [0.1, 0.15) is 0 Å². The molecular formula is C5H6NS. The lowest BCUT2D eigenvalue weighted by atomic mass is 10.6. The van der Waals surface area contributed by atoms with Crippen molar-refractivity contribution < 1.29 is 0 Å². The summed E-state index contributed by atoms with van der Waals surface area (Å²) in [7, 11) is 0. The Morgan fingerprint density at radius 1 is 1.43 bits per heavy atom. The Bertz CT molecular complexity index is 84.3. The molecule has 0 N–H and O–H groups in total. The van der Waals surface area contributed by atoms with Crippen LogP contribution in [0.5, 0.6) is 0 Å². The Hall–Kier alpha value is -0.370. The first-order valence-corrected chi connectivity index (χ1v) is 3.06. The fourth-order valence-electron chi connectivity index (χ4n) is 0.344. The van der Waals surface area contributed by atoms with Crippen LogP contribution in [0.15, 0.2) is 23.1 Å². The first-order chi connectivity index (χ1) is 3.50. The van der Waals surface area contributed by atoms with Crippen molar-refractivity contribution in [1.29, 1.82) is 0 Å². The van der Waals surface area contributed by atoms with Crippen LogP contribution in [0.25, 0.3) is 0 Å². The molecule has 1 rings (SSSR count). The van der Waals surface area contributed by atoms with Gasteiger partial charge in [0.15, 0.2) is 0 Å². The number of rotatable bonds is 0. The molecule has 0 bridgehead atoms. The van der Waals surface area contributed by atoms with Crippen molar-refractivity contribution >= 4 is 11.8 Å². The molecule has 2 heteroatoms.